The number of rotatable bonds is 5. The van der Waals surface area contributed by atoms with E-state index in [0.29, 0.717) is 12.2 Å². The van der Waals surface area contributed by atoms with Crippen molar-refractivity contribution >= 4 is 16.8 Å². The molecule has 0 fully saturated rings. The zero-order valence-corrected chi connectivity index (χ0v) is 12.7. The zero-order valence-electron chi connectivity index (χ0n) is 12.7. The van der Waals surface area contributed by atoms with Crippen LogP contribution in [0.3, 0.4) is 0 Å². The van der Waals surface area contributed by atoms with Crippen molar-refractivity contribution in [3.63, 3.8) is 0 Å². The van der Waals surface area contributed by atoms with Gasteiger partial charge in [-0.1, -0.05) is 25.1 Å². The summed E-state index contributed by atoms with van der Waals surface area (Å²) in [5.41, 5.74) is 1.43. The van der Waals surface area contributed by atoms with Crippen molar-refractivity contribution < 1.29 is 4.79 Å². The molecule has 0 radical (unpaired) electrons. The third-order valence-corrected chi connectivity index (χ3v) is 3.79. The first-order valence-electron chi connectivity index (χ1n) is 7.37. The molecule has 1 amide bonds. The minimum Gasteiger partial charge on any atom is -0.346 e. The fraction of sp³-hybridized carbons (Fsp3) is 0.312. The third-order valence-electron chi connectivity index (χ3n) is 3.79. The molecule has 114 valence electrons. The summed E-state index contributed by atoms with van der Waals surface area (Å²) in [6.07, 6.45) is 6.23. The van der Waals surface area contributed by atoms with Gasteiger partial charge in [-0.15, -0.1) is 0 Å². The van der Waals surface area contributed by atoms with E-state index >= 15 is 0 Å². The Morgan fingerprint density at radius 1 is 1.36 bits per heavy atom. The number of aromatic nitrogens is 4. The van der Waals surface area contributed by atoms with E-state index in [1.165, 1.54) is 0 Å². The second-order valence-corrected chi connectivity index (χ2v) is 5.33. The van der Waals surface area contributed by atoms with Crippen LogP contribution in [0.4, 0.5) is 0 Å². The maximum absolute atomic E-state index is 12.6. The number of imidazole rings is 1. The average Bonchev–Trinajstić information content (AvgIpc) is 3.15. The maximum Gasteiger partial charge on any atom is 0.272 e. The molecule has 1 N–H and O–H groups in total. The summed E-state index contributed by atoms with van der Waals surface area (Å²) >= 11 is 0. The van der Waals surface area contributed by atoms with Crippen LogP contribution < -0.4 is 5.32 Å². The minimum absolute atomic E-state index is 0.0440. The topological polar surface area (TPSA) is 64.7 Å². The molecule has 6 heteroatoms. The van der Waals surface area contributed by atoms with Crippen molar-refractivity contribution in [3.05, 3.63) is 48.7 Å². The van der Waals surface area contributed by atoms with E-state index in [1.807, 2.05) is 42.1 Å². The molecule has 3 aromatic rings. The molecule has 0 aliphatic carbocycles. The number of hydrogen-bond donors (Lipinski definition) is 1. The van der Waals surface area contributed by atoms with Crippen LogP contribution in [-0.4, -0.2) is 31.3 Å². The number of hydrogen-bond acceptors (Lipinski definition) is 3. The summed E-state index contributed by atoms with van der Waals surface area (Å²) < 4.78 is 3.70. The lowest BCUT2D eigenvalue weighted by atomic mass is 10.1. The quantitative estimate of drug-likeness (QED) is 0.783. The van der Waals surface area contributed by atoms with E-state index in [2.05, 4.69) is 22.3 Å². The Balaban J connectivity index is 1.80. The van der Waals surface area contributed by atoms with Gasteiger partial charge in [0.15, 0.2) is 5.69 Å². The number of benzene rings is 1. The molecule has 0 bridgehead atoms. The predicted molar refractivity (Wildman–Crippen MR) is 84.5 cm³/mol. The lowest BCUT2D eigenvalue weighted by Crippen LogP contribution is -2.37. The lowest BCUT2D eigenvalue weighted by molar-refractivity contribution is 0.0927. The first-order valence-corrected chi connectivity index (χ1v) is 7.37. The Labute approximate surface area is 128 Å². The van der Waals surface area contributed by atoms with Gasteiger partial charge in [-0.25, -0.2) is 4.98 Å². The fourth-order valence-electron chi connectivity index (χ4n) is 2.56. The highest BCUT2D eigenvalue weighted by Crippen LogP contribution is 2.17. The molecule has 6 nitrogen and oxygen atoms in total. The first-order chi connectivity index (χ1) is 10.7. The Hall–Kier alpha value is -2.63. The van der Waals surface area contributed by atoms with Crippen LogP contribution in [0.15, 0.2) is 43.0 Å². The van der Waals surface area contributed by atoms with Crippen LogP contribution in [0.25, 0.3) is 10.9 Å². The number of carbonyl (C=O) groups excluding carboxylic acids is 1. The van der Waals surface area contributed by atoms with E-state index in [9.17, 15) is 4.79 Å². The number of nitrogens with zero attached hydrogens (tertiary/aromatic N) is 4. The summed E-state index contributed by atoms with van der Waals surface area (Å²) in [6, 6.07) is 7.79. The highest BCUT2D eigenvalue weighted by Gasteiger charge is 2.18. The third kappa shape index (κ3) is 2.72. The van der Waals surface area contributed by atoms with Crippen LogP contribution in [0.1, 0.15) is 23.8 Å². The van der Waals surface area contributed by atoms with Crippen molar-refractivity contribution in [2.45, 2.75) is 25.9 Å². The van der Waals surface area contributed by atoms with Crippen molar-refractivity contribution in [1.82, 2.24) is 24.6 Å². The summed E-state index contributed by atoms with van der Waals surface area (Å²) in [6.45, 7) is 2.76. The SMILES string of the molecule is CC[C@@H](Cn1ccnc1)NC(=O)c1nn(C)c2ccccc12. The molecule has 2 heterocycles. The lowest BCUT2D eigenvalue weighted by Gasteiger charge is -2.16. The average molecular weight is 297 g/mol. The Kier molecular flexibility index (Phi) is 3.91. The molecule has 2 aromatic heterocycles. The molecular weight excluding hydrogens is 278 g/mol. The van der Waals surface area contributed by atoms with Gasteiger partial charge in [-0.3, -0.25) is 9.48 Å². The normalized spacial score (nSPS) is 12.5. The molecule has 0 spiro atoms. The van der Waals surface area contributed by atoms with Gasteiger partial charge in [0.1, 0.15) is 0 Å². The molecule has 0 unspecified atom stereocenters. The fourth-order valence-corrected chi connectivity index (χ4v) is 2.56. The maximum atomic E-state index is 12.6. The number of fused-ring (bicyclic) bond motifs is 1. The number of amides is 1. The zero-order chi connectivity index (χ0) is 15.5. The second-order valence-electron chi connectivity index (χ2n) is 5.33. The molecule has 22 heavy (non-hydrogen) atoms. The molecule has 3 rings (SSSR count). The van der Waals surface area contributed by atoms with E-state index in [-0.39, 0.29) is 11.9 Å². The Bertz CT molecular complexity index is 775. The van der Waals surface area contributed by atoms with Crippen LogP contribution in [-0.2, 0) is 13.6 Å². The van der Waals surface area contributed by atoms with Gasteiger partial charge in [-0.05, 0) is 12.5 Å². The predicted octanol–water partition coefficient (Wildman–Crippen LogP) is 1.98. The number of carbonyl (C=O) groups is 1. The van der Waals surface area contributed by atoms with Gasteiger partial charge in [0.25, 0.3) is 5.91 Å². The van der Waals surface area contributed by atoms with Gasteiger partial charge in [-0.2, -0.15) is 5.10 Å². The summed E-state index contributed by atoms with van der Waals surface area (Å²) in [7, 11) is 1.85. The summed E-state index contributed by atoms with van der Waals surface area (Å²) in [5.74, 6) is -0.135. The first kappa shape index (κ1) is 14.3. The van der Waals surface area contributed by atoms with Crippen LogP contribution >= 0.6 is 0 Å². The van der Waals surface area contributed by atoms with E-state index in [1.54, 1.807) is 17.2 Å². The van der Waals surface area contributed by atoms with E-state index in [4.69, 9.17) is 0 Å². The molecule has 0 aliphatic rings. The van der Waals surface area contributed by atoms with Crippen molar-refractivity contribution in [3.8, 4) is 0 Å². The van der Waals surface area contributed by atoms with Gasteiger partial charge < -0.3 is 9.88 Å². The molecular formula is C16H19N5O. The van der Waals surface area contributed by atoms with Crippen molar-refractivity contribution in [1.29, 1.82) is 0 Å². The highest BCUT2D eigenvalue weighted by molar-refractivity contribution is 6.04. The highest BCUT2D eigenvalue weighted by atomic mass is 16.2. The monoisotopic (exact) mass is 297 g/mol. The van der Waals surface area contributed by atoms with Gasteiger partial charge in [0.05, 0.1) is 11.8 Å². The van der Waals surface area contributed by atoms with Crippen LogP contribution in [0, 0.1) is 0 Å². The number of para-hydroxylation sites is 1. The van der Waals surface area contributed by atoms with Crippen molar-refractivity contribution in [2.75, 3.05) is 0 Å². The summed E-state index contributed by atoms with van der Waals surface area (Å²) in [4.78, 5) is 16.6. The van der Waals surface area contributed by atoms with E-state index in [0.717, 1.165) is 17.3 Å². The van der Waals surface area contributed by atoms with E-state index < -0.39 is 0 Å². The standard InChI is InChI=1S/C16H19N5O/c1-3-12(10-21-9-8-17-11-21)18-16(22)15-13-6-4-5-7-14(13)20(2)19-15/h4-9,11-12H,3,10H2,1-2H3,(H,18,22)/t12-/m0/s1. The van der Waals surface area contributed by atoms with Crippen LogP contribution in [0.2, 0.25) is 0 Å². The Morgan fingerprint density at radius 3 is 2.91 bits per heavy atom. The number of aryl methyl sites for hydroxylation is 1. The van der Waals surface area contributed by atoms with Gasteiger partial charge >= 0.3 is 0 Å². The van der Waals surface area contributed by atoms with Crippen molar-refractivity contribution in [2.24, 2.45) is 7.05 Å². The van der Waals surface area contributed by atoms with Crippen LogP contribution in [0.5, 0.6) is 0 Å². The molecule has 0 aliphatic heterocycles. The molecule has 1 aromatic carbocycles. The summed E-state index contributed by atoms with van der Waals surface area (Å²) in [5, 5.41) is 8.30. The molecule has 0 saturated heterocycles. The Morgan fingerprint density at radius 2 is 2.18 bits per heavy atom. The molecule has 0 saturated carbocycles. The van der Waals surface area contributed by atoms with Gasteiger partial charge in [0.2, 0.25) is 0 Å². The van der Waals surface area contributed by atoms with Gasteiger partial charge in [0, 0.05) is 37.4 Å². The largest absolute Gasteiger partial charge is 0.346 e. The second kappa shape index (κ2) is 6.01. The smallest absolute Gasteiger partial charge is 0.272 e. The minimum atomic E-state index is -0.135. The molecule has 1 atom stereocenters. The number of nitrogens with one attached hydrogen (secondary N) is 1.